The van der Waals surface area contributed by atoms with Crippen LogP contribution in [0, 0.1) is 23.7 Å². The van der Waals surface area contributed by atoms with Crippen LogP contribution in [0.1, 0.15) is 32.1 Å². The molecule has 49 valence electrons. The molecule has 0 aromatic carbocycles. The van der Waals surface area contributed by atoms with Crippen LogP contribution in [0.15, 0.2) is 0 Å². The lowest BCUT2D eigenvalue weighted by atomic mass is 9.95. The minimum absolute atomic E-state index is 0.847. The highest BCUT2D eigenvalue weighted by Gasteiger charge is 2.61. The predicted molar refractivity (Wildman–Crippen MR) is 36.8 cm³/mol. The van der Waals surface area contributed by atoms with Crippen LogP contribution in [0.4, 0.5) is 0 Å². The topological polar surface area (TPSA) is 0 Å². The summed E-state index contributed by atoms with van der Waals surface area (Å²) >= 11 is 0. The van der Waals surface area contributed by atoms with Gasteiger partial charge < -0.3 is 0 Å². The highest BCUT2D eigenvalue weighted by molar-refractivity contribution is 5.22. The molecular formula is C9H13. The largest absolute Gasteiger partial charge is 0.0496 e. The van der Waals surface area contributed by atoms with Crippen LogP contribution in [-0.2, 0) is 0 Å². The van der Waals surface area contributed by atoms with E-state index in [0.717, 1.165) is 17.3 Å². The lowest BCUT2D eigenvalue weighted by Gasteiger charge is -2.10. The van der Waals surface area contributed by atoms with Crippen molar-refractivity contribution in [1.29, 1.82) is 0 Å². The van der Waals surface area contributed by atoms with Crippen LogP contribution in [0.25, 0.3) is 0 Å². The Labute approximate surface area is 56.6 Å². The van der Waals surface area contributed by atoms with Gasteiger partial charge in [0.2, 0.25) is 0 Å². The van der Waals surface area contributed by atoms with E-state index >= 15 is 0 Å². The van der Waals surface area contributed by atoms with Gasteiger partial charge in [-0.05, 0) is 55.8 Å². The summed E-state index contributed by atoms with van der Waals surface area (Å²) in [5, 5.41) is 0. The molecule has 0 nitrogen and oxygen atoms in total. The maximum Gasteiger partial charge on any atom is -0.0207 e. The summed E-state index contributed by atoms with van der Waals surface area (Å²) in [5.41, 5.74) is 0.847. The first-order valence-electron chi connectivity index (χ1n) is 4.26. The zero-order valence-electron chi connectivity index (χ0n) is 5.77. The van der Waals surface area contributed by atoms with Gasteiger partial charge in [0.25, 0.3) is 0 Å². The van der Waals surface area contributed by atoms with E-state index in [4.69, 9.17) is 0 Å². The molecule has 0 amide bonds. The van der Waals surface area contributed by atoms with Crippen molar-refractivity contribution in [1.82, 2.24) is 0 Å². The fourth-order valence-electron chi connectivity index (χ4n) is 2.36. The van der Waals surface area contributed by atoms with E-state index in [-0.39, 0.29) is 0 Å². The van der Waals surface area contributed by atoms with E-state index < -0.39 is 0 Å². The molecule has 0 aliphatic heterocycles. The van der Waals surface area contributed by atoms with Crippen LogP contribution in [-0.4, -0.2) is 0 Å². The minimum atomic E-state index is 0.847. The van der Waals surface area contributed by atoms with Gasteiger partial charge >= 0.3 is 0 Å². The van der Waals surface area contributed by atoms with Crippen molar-refractivity contribution in [3.63, 3.8) is 0 Å². The summed E-state index contributed by atoms with van der Waals surface area (Å²) in [7, 11) is 0. The Morgan fingerprint density at radius 3 is 1.67 bits per heavy atom. The second-order valence-electron chi connectivity index (χ2n) is 4.07. The standard InChI is InChI=1S/C9H13/c1-2-7(1)9(5-6-9)8-3-4-8/h5,7-8H,1-4,6H2. The van der Waals surface area contributed by atoms with Crippen molar-refractivity contribution in [3.8, 4) is 0 Å². The van der Waals surface area contributed by atoms with Crippen LogP contribution < -0.4 is 0 Å². The lowest BCUT2D eigenvalue weighted by Crippen LogP contribution is -2.04. The third-order valence-corrected chi connectivity index (χ3v) is 3.35. The SMILES string of the molecule is [CH]1CC1(C1CC1)C1CC1. The van der Waals surface area contributed by atoms with Gasteiger partial charge in [-0.15, -0.1) is 0 Å². The Morgan fingerprint density at radius 2 is 1.44 bits per heavy atom. The zero-order chi connectivity index (χ0) is 5.90. The van der Waals surface area contributed by atoms with E-state index in [1.807, 2.05) is 0 Å². The first-order chi connectivity index (χ1) is 4.42. The molecule has 0 heterocycles. The molecule has 0 aromatic heterocycles. The first-order valence-corrected chi connectivity index (χ1v) is 4.26. The van der Waals surface area contributed by atoms with Gasteiger partial charge in [0.1, 0.15) is 0 Å². The molecule has 1 radical (unpaired) electrons. The third kappa shape index (κ3) is 0.544. The van der Waals surface area contributed by atoms with Crippen molar-refractivity contribution >= 4 is 0 Å². The van der Waals surface area contributed by atoms with Crippen LogP contribution in [0.2, 0.25) is 0 Å². The Kier molecular flexibility index (Phi) is 0.640. The van der Waals surface area contributed by atoms with E-state index in [1.54, 1.807) is 25.7 Å². The summed E-state index contributed by atoms with van der Waals surface area (Å²) in [6.45, 7) is 0. The fourth-order valence-corrected chi connectivity index (χ4v) is 2.36. The molecule has 0 N–H and O–H groups in total. The van der Waals surface area contributed by atoms with Crippen molar-refractivity contribution < 1.29 is 0 Å². The smallest absolute Gasteiger partial charge is 0.0207 e. The highest BCUT2D eigenvalue weighted by Crippen LogP contribution is 2.70. The van der Waals surface area contributed by atoms with Crippen LogP contribution >= 0.6 is 0 Å². The zero-order valence-corrected chi connectivity index (χ0v) is 5.77. The average molecular weight is 121 g/mol. The predicted octanol–water partition coefficient (Wildman–Crippen LogP) is 2.40. The van der Waals surface area contributed by atoms with Crippen molar-refractivity contribution in [2.24, 2.45) is 17.3 Å². The van der Waals surface area contributed by atoms with Gasteiger partial charge in [0.05, 0.1) is 0 Å². The normalized spacial score (nSPS) is 38.7. The highest BCUT2D eigenvalue weighted by atomic mass is 14.7. The molecular weight excluding hydrogens is 108 g/mol. The molecule has 0 aromatic rings. The number of hydrogen-bond donors (Lipinski definition) is 0. The maximum absolute atomic E-state index is 2.59. The van der Waals surface area contributed by atoms with Crippen molar-refractivity contribution in [3.05, 3.63) is 6.42 Å². The summed E-state index contributed by atoms with van der Waals surface area (Å²) in [4.78, 5) is 0. The van der Waals surface area contributed by atoms with E-state index in [2.05, 4.69) is 6.42 Å². The molecule has 3 saturated carbocycles. The Morgan fingerprint density at radius 1 is 1.00 bits per heavy atom. The van der Waals surface area contributed by atoms with Gasteiger partial charge in [-0.3, -0.25) is 0 Å². The van der Waals surface area contributed by atoms with Crippen LogP contribution in [0.3, 0.4) is 0 Å². The second-order valence-corrected chi connectivity index (χ2v) is 4.07. The van der Waals surface area contributed by atoms with Crippen molar-refractivity contribution in [2.75, 3.05) is 0 Å². The summed E-state index contributed by atoms with van der Waals surface area (Å²) in [6, 6.07) is 0. The fraction of sp³-hybridized carbons (Fsp3) is 0.889. The molecule has 9 heavy (non-hydrogen) atoms. The second kappa shape index (κ2) is 1.21. The minimum Gasteiger partial charge on any atom is -0.0496 e. The molecule has 0 heteroatoms. The van der Waals surface area contributed by atoms with Gasteiger partial charge in [-0.25, -0.2) is 0 Å². The molecule has 3 fully saturated rings. The average Bonchev–Trinajstić information content (AvgIpc) is 2.67. The Bertz CT molecular complexity index is 122. The van der Waals surface area contributed by atoms with Crippen molar-refractivity contribution in [2.45, 2.75) is 32.1 Å². The summed E-state index contributed by atoms with van der Waals surface area (Å²) in [6.07, 6.45) is 10.3. The van der Waals surface area contributed by atoms with Gasteiger partial charge in [-0.1, -0.05) is 0 Å². The summed E-state index contributed by atoms with van der Waals surface area (Å²) in [5.74, 6) is 2.31. The van der Waals surface area contributed by atoms with E-state index in [1.165, 1.54) is 6.42 Å². The Hall–Kier alpha value is 0. The molecule has 3 aliphatic carbocycles. The first kappa shape index (κ1) is 4.76. The number of hydrogen-bond acceptors (Lipinski definition) is 0. The van der Waals surface area contributed by atoms with E-state index in [0.29, 0.717) is 0 Å². The Balaban J connectivity index is 1.82. The van der Waals surface area contributed by atoms with Gasteiger partial charge in [0, 0.05) is 0 Å². The number of rotatable bonds is 2. The molecule has 0 spiro atoms. The molecule has 0 saturated heterocycles. The maximum atomic E-state index is 2.59. The van der Waals surface area contributed by atoms with Gasteiger partial charge in [0.15, 0.2) is 0 Å². The summed E-state index contributed by atoms with van der Waals surface area (Å²) < 4.78 is 0. The molecule has 0 atom stereocenters. The van der Waals surface area contributed by atoms with Crippen LogP contribution in [0.5, 0.6) is 0 Å². The quantitative estimate of drug-likeness (QED) is 0.526. The van der Waals surface area contributed by atoms with E-state index in [9.17, 15) is 0 Å². The lowest BCUT2D eigenvalue weighted by molar-refractivity contribution is 0.401. The molecule has 3 aliphatic rings. The monoisotopic (exact) mass is 121 g/mol. The third-order valence-electron chi connectivity index (χ3n) is 3.35. The molecule has 0 bridgehead atoms. The van der Waals surface area contributed by atoms with Gasteiger partial charge in [-0.2, -0.15) is 0 Å². The molecule has 3 rings (SSSR count). The molecule has 0 unspecified atom stereocenters.